The number of azo groups is 1. The highest BCUT2D eigenvalue weighted by Crippen LogP contribution is 2.27. The highest BCUT2D eigenvalue weighted by atomic mass is 35.5. The molecule has 3 N–H and O–H groups in total. The first-order valence-corrected chi connectivity index (χ1v) is 8.06. The number of nitrogens with two attached hydrogens (primary N) is 1. The predicted octanol–water partition coefficient (Wildman–Crippen LogP) is 0.314. The quantitative estimate of drug-likeness (QED) is 0.344. The van der Waals surface area contributed by atoms with Crippen molar-refractivity contribution in [1.29, 1.82) is 0 Å². The molecule has 0 amide bonds. The Morgan fingerprint density at radius 1 is 1.48 bits per heavy atom. The van der Waals surface area contributed by atoms with E-state index in [1.54, 1.807) is 18.2 Å². The lowest BCUT2D eigenvalue weighted by Crippen LogP contribution is -3.08. The number of rotatable bonds is 3. The monoisotopic (exact) mass is 363 g/mol. The second kappa shape index (κ2) is 8.22. The van der Waals surface area contributed by atoms with Gasteiger partial charge in [0.15, 0.2) is 0 Å². The summed E-state index contributed by atoms with van der Waals surface area (Å²) in [5.74, 6) is 0. The minimum Gasteiger partial charge on any atom is -0.726 e. The number of nitrogens with one attached hydrogen (secondary N) is 1. The Labute approximate surface area is 139 Å². The average molecular weight is 364 g/mol. The summed E-state index contributed by atoms with van der Waals surface area (Å²) in [6.45, 7) is 0. The van der Waals surface area contributed by atoms with Crippen molar-refractivity contribution in [3.63, 3.8) is 0 Å². The Bertz CT molecular complexity index is 683. The van der Waals surface area contributed by atoms with Crippen LogP contribution in [-0.4, -0.2) is 45.4 Å². The van der Waals surface area contributed by atoms with E-state index in [0.717, 1.165) is 12.0 Å². The molecule has 0 saturated carbocycles. The van der Waals surface area contributed by atoms with Crippen LogP contribution >= 0.6 is 11.6 Å². The molecular weight excluding hydrogens is 346 g/mol. The third-order valence-electron chi connectivity index (χ3n) is 2.82. The molecule has 2 atom stereocenters. The Hall–Kier alpha value is -1.72. The maximum Gasteiger partial charge on any atom is 0.284 e. The number of anilines is 1. The van der Waals surface area contributed by atoms with Crippen LogP contribution in [0.4, 0.5) is 11.4 Å². The summed E-state index contributed by atoms with van der Waals surface area (Å²) in [5, 5.41) is 8.95. The van der Waals surface area contributed by atoms with Gasteiger partial charge >= 0.3 is 0 Å². The van der Waals surface area contributed by atoms with Crippen molar-refractivity contribution in [3.05, 3.63) is 35.6 Å². The molecule has 128 valence electrons. The van der Waals surface area contributed by atoms with Gasteiger partial charge < -0.3 is 15.2 Å². The number of halogens is 1. The van der Waals surface area contributed by atoms with Crippen molar-refractivity contribution in [2.75, 3.05) is 26.9 Å². The molecule has 0 aromatic heterocycles. The van der Waals surface area contributed by atoms with E-state index in [0.29, 0.717) is 16.4 Å². The molecule has 1 aliphatic rings. The van der Waals surface area contributed by atoms with Crippen molar-refractivity contribution < 1.29 is 22.1 Å². The third-order valence-corrected chi connectivity index (χ3v) is 3.53. The summed E-state index contributed by atoms with van der Waals surface area (Å²) in [4.78, 5) is 3.15. The molecule has 0 saturated heterocycles. The zero-order valence-electron chi connectivity index (χ0n) is 12.8. The van der Waals surface area contributed by atoms with Gasteiger partial charge in [0.05, 0.1) is 25.4 Å². The molecule has 0 bridgehead atoms. The smallest absolute Gasteiger partial charge is 0.284 e. The zero-order valence-corrected chi connectivity index (χ0v) is 14.4. The molecule has 1 aliphatic heterocycles. The third kappa shape index (κ3) is 6.50. The minimum atomic E-state index is -4.41. The van der Waals surface area contributed by atoms with E-state index in [1.807, 2.05) is 31.4 Å². The second-order valence-electron chi connectivity index (χ2n) is 4.60. The lowest BCUT2D eigenvalue weighted by Gasteiger charge is -2.16. The molecule has 23 heavy (non-hydrogen) atoms. The van der Waals surface area contributed by atoms with E-state index in [2.05, 4.69) is 14.4 Å². The molecule has 0 aliphatic carbocycles. The molecule has 1 aromatic carbocycles. The number of quaternary nitrogens is 1. The first-order valence-electron chi connectivity index (χ1n) is 6.35. The standard InChI is InChI=1S/C11H14ClN5.CH4O4S/c1-16-5-6-17(2)11(16)15-14-10-4-3-8(13)7-9(10)12;1-5-6(2,3)4/h3-7,11H,13H2,1-2H3;1H3,(H,2,3,4). The van der Waals surface area contributed by atoms with Crippen molar-refractivity contribution in [3.8, 4) is 0 Å². The van der Waals surface area contributed by atoms with Crippen molar-refractivity contribution in [2.45, 2.75) is 6.29 Å². The number of hydrogen-bond acceptors (Lipinski definition) is 8. The summed E-state index contributed by atoms with van der Waals surface area (Å²) in [6, 6.07) is 5.19. The molecule has 0 radical (unpaired) electrons. The molecule has 1 aromatic rings. The molecule has 0 spiro atoms. The Balaban J connectivity index is 0.000000379. The van der Waals surface area contributed by atoms with Gasteiger partial charge in [0.2, 0.25) is 10.4 Å². The van der Waals surface area contributed by atoms with Crippen molar-refractivity contribution >= 4 is 33.4 Å². The number of hydrogen-bond donors (Lipinski definition) is 2. The topological polar surface area (TPSA) is 125 Å². The van der Waals surface area contributed by atoms with Crippen molar-refractivity contribution in [2.24, 2.45) is 10.2 Å². The number of nitrogens with zero attached hydrogens (tertiary/aromatic N) is 3. The van der Waals surface area contributed by atoms with E-state index in [9.17, 15) is 13.0 Å². The summed E-state index contributed by atoms with van der Waals surface area (Å²) in [6.07, 6.45) is 3.96. The van der Waals surface area contributed by atoms with Gasteiger partial charge in [-0.05, 0) is 18.2 Å². The second-order valence-corrected chi connectivity index (χ2v) is 6.16. The Kier molecular flexibility index (Phi) is 6.91. The average Bonchev–Trinajstić information content (AvgIpc) is 2.77. The number of nitrogen functional groups attached to an aromatic ring is 1. The summed E-state index contributed by atoms with van der Waals surface area (Å²) in [5.41, 5.74) is 6.87. The van der Waals surface area contributed by atoms with Crippen LogP contribution in [0.1, 0.15) is 0 Å². The van der Waals surface area contributed by atoms with Crippen molar-refractivity contribution in [1.82, 2.24) is 4.90 Å². The van der Waals surface area contributed by atoms with Crippen LogP contribution < -0.4 is 10.6 Å². The molecule has 1 heterocycles. The van der Waals surface area contributed by atoms with Gasteiger partial charge in [0.1, 0.15) is 11.9 Å². The van der Waals surface area contributed by atoms with Crippen LogP contribution in [0.15, 0.2) is 40.8 Å². The fraction of sp³-hybridized carbons (Fsp3) is 0.333. The van der Waals surface area contributed by atoms with E-state index in [4.69, 9.17) is 17.3 Å². The van der Waals surface area contributed by atoms with Crippen LogP contribution in [-0.2, 0) is 14.6 Å². The molecular formula is C12H18ClN5O4S. The summed E-state index contributed by atoms with van der Waals surface area (Å²) >= 11 is 6.02. The van der Waals surface area contributed by atoms with Gasteiger partial charge in [-0.1, -0.05) is 11.6 Å². The lowest BCUT2D eigenvalue weighted by atomic mass is 10.3. The molecule has 2 unspecified atom stereocenters. The van der Waals surface area contributed by atoms with Gasteiger partial charge in [-0.3, -0.25) is 9.08 Å². The van der Waals surface area contributed by atoms with Crippen LogP contribution in [0.2, 0.25) is 5.02 Å². The van der Waals surface area contributed by atoms with Crippen LogP contribution in [0.25, 0.3) is 0 Å². The lowest BCUT2D eigenvalue weighted by molar-refractivity contribution is -0.856. The van der Waals surface area contributed by atoms with Gasteiger partial charge in [-0.15, -0.1) is 10.2 Å². The number of benzene rings is 1. The maximum atomic E-state index is 9.22. The fourth-order valence-electron chi connectivity index (χ4n) is 1.62. The van der Waals surface area contributed by atoms with Crippen LogP contribution in [0, 0.1) is 0 Å². The zero-order chi connectivity index (χ0) is 17.6. The van der Waals surface area contributed by atoms with E-state index >= 15 is 0 Å². The molecule has 9 nitrogen and oxygen atoms in total. The highest BCUT2D eigenvalue weighted by Gasteiger charge is 2.24. The van der Waals surface area contributed by atoms with E-state index < -0.39 is 10.4 Å². The minimum absolute atomic E-state index is 0.0383. The van der Waals surface area contributed by atoms with Crippen LogP contribution in [0.3, 0.4) is 0 Å². The first-order chi connectivity index (χ1) is 10.6. The van der Waals surface area contributed by atoms with Gasteiger partial charge in [0, 0.05) is 12.7 Å². The maximum absolute atomic E-state index is 9.22. The van der Waals surface area contributed by atoms with Gasteiger partial charge in [-0.2, -0.15) is 0 Å². The molecule has 2 rings (SSSR count). The van der Waals surface area contributed by atoms with Gasteiger partial charge in [0.25, 0.3) is 6.29 Å². The predicted molar refractivity (Wildman–Crippen MR) is 84.7 cm³/mol. The normalized spacial score (nSPS) is 20.7. The first kappa shape index (κ1) is 19.3. The fourth-order valence-corrected chi connectivity index (χ4v) is 1.84. The molecule has 0 fully saturated rings. The highest BCUT2D eigenvalue weighted by molar-refractivity contribution is 7.80. The van der Waals surface area contributed by atoms with E-state index in [1.165, 1.54) is 0 Å². The summed E-state index contributed by atoms with van der Waals surface area (Å²) in [7, 11) is 0.378. The van der Waals surface area contributed by atoms with Gasteiger partial charge in [-0.25, -0.2) is 8.42 Å². The summed E-state index contributed by atoms with van der Waals surface area (Å²) < 4.78 is 31.0. The van der Waals surface area contributed by atoms with Crippen LogP contribution in [0.5, 0.6) is 0 Å². The Morgan fingerprint density at radius 2 is 2.09 bits per heavy atom. The largest absolute Gasteiger partial charge is 0.726 e. The van der Waals surface area contributed by atoms with E-state index in [-0.39, 0.29) is 6.29 Å². The Morgan fingerprint density at radius 3 is 2.52 bits per heavy atom. The molecule has 11 heteroatoms. The SMILES string of the molecule is CN1C=C[NH+](C)C1N=Nc1ccc(N)cc1Cl.COS(=O)(=O)[O-].